The molecule has 1 N–H and O–H groups in total. The number of aliphatic carboxylic acids is 1. The van der Waals surface area contributed by atoms with E-state index in [1.165, 1.54) is 12.7 Å². The van der Waals surface area contributed by atoms with Crippen LogP contribution in [0.1, 0.15) is 106 Å². The van der Waals surface area contributed by atoms with E-state index < -0.39 is 17.4 Å². The van der Waals surface area contributed by atoms with Crippen molar-refractivity contribution in [3.05, 3.63) is 23.8 Å². The van der Waals surface area contributed by atoms with Gasteiger partial charge in [0.1, 0.15) is 6.10 Å². The van der Waals surface area contributed by atoms with Crippen molar-refractivity contribution in [1.29, 1.82) is 0 Å². The first-order valence-corrected chi connectivity index (χ1v) is 15.8. The molecule has 7 heteroatoms. The van der Waals surface area contributed by atoms with Crippen LogP contribution in [0.2, 0.25) is 0 Å². The molecule has 0 heterocycles. The smallest absolute Gasteiger partial charge is 0.331 e. The molecule has 7 nitrogen and oxygen atoms in total. The highest BCUT2D eigenvalue weighted by Crippen LogP contribution is 2.75. The second-order valence-electron chi connectivity index (χ2n) is 16.2. The summed E-state index contributed by atoms with van der Waals surface area (Å²) in [5.41, 5.74) is -0.194. The maximum atomic E-state index is 14.5. The molecular weight excluding hydrogens is 532 g/mol. The normalized spacial score (nSPS) is 45.9. The summed E-state index contributed by atoms with van der Waals surface area (Å²) in [6.07, 6.45) is 11.4. The summed E-state index contributed by atoms with van der Waals surface area (Å²) >= 11 is 0. The molecule has 0 spiro atoms. The molecule has 4 saturated carbocycles. The quantitative estimate of drug-likeness (QED) is 0.291. The van der Waals surface area contributed by atoms with Gasteiger partial charge in [0.25, 0.3) is 0 Å². The van der Waals surface area contributed by atoms with Gasteiger partial charge in [-0.25, -0.2) is 9.59 Å². The molecule has 4 fully saturated rings. The van der Waals surface area contributed by atoms with Gasteiger partial charge in [0.2, 0.25) is 0 Å². The molecule has 0 aliphatic heterocycles. The van der Waals surface area contributed by atoms with E-state index in [0.717, 1.165) is 63.5 Å². The summed E-state index contributed by atoms with van der Waals surface area (Å²) in [6, 6.07) is 0. The molecular formula is C35H50O7. The predicted molar refractivity (Wildman–Crippen MR) is 158 cm³/mol. The van der Waals surface area contributed by atoms with Crippen molar-refractivity contribution in [2.45, 2.75) is 112 Å². The van der Waals surface area contributed by atoms with Crippen LogP contribution >= 0.6 is 0 Å². The monoisotopic (exact) mass is 582 g/mol. The number of carbonyl (C=O) groups excluding carboxylic acids is 3. The molecule has 0 bridgehead atoms. The molecule has 9 unspecified atom stereocenters. The Hall–Kier alpha value is -2.44. The highest BCUT2D eigenvalue weighted by molar-refractivity contribution is 5.96. The molecule has 0 radical (unpaired) electrons. The number of ketones is 1. The van der Waals surface area contributed by atoms with Crippen molar-refractivity contribution in [3.8, 4) is 0 Å². The molecule has 0 saturated heterocycles. The second kappa shape index (κ2) is 9.79. The van der Waals surface area contributed by atoms with Gasteiger partial charge in [0.05, 0.1) is 12.5 Å². The number of hydrogen-bond acceptors (Lipinski definition) is 6. The van der Waals surface area contributed by atoms with Gasteiger partial charge in [-0.15, -0.1) is 0 Å². The third kappa shape index (κ3) is 4.26. The van der Waals surface area contributed by atoms with Crippen LogP contribution in [0.15, 0.2) is 23.8 Å². The summed E-state index contributed by atoms with van der Waals surface area (Å²) in [4.78, 5) is 50.8. The van der Waals surface area contributed by atoms with Crippen LogP contribution < -0.4 is 0 Å². The molecule has 0 aromatic rings. The fourth-order valence-corrected chi connectivity index (χ4v) is 11.1. The van der Waals surface area contributed by atoms with Gasteiger partial charge in [0.15, 0.2) is 5.78 Å². The average molecular weight is 583 g/mol. The van der Waals surface area contributed by atoms with Crippen molar-refractivity contribution < 1.29 is 33.8 Å². The van der Waals surface area contributed by atoms with E-state index in [-0.39, 0.29) is 62.7 Å². The standard InChI is InChI=1S/C35H50O7/c1-30(2)24-11-14-35(7)28(33(24,5)13-12-25(30)42-27(39)10-9-26(37)38)23(36)19-21-22-20-32(4,29(40)41-8)16-15-31(22,3)17-18-34(21,35)6/h9-10,19,22,24-25,28H,11-18,20H2,1-8H3,(H,37,38). The van der Waals surface area contributed by atoms with Crippen molar-refractivity contribution in [3.63, 3.8) is 0 Å². The topological polar surface area (TPSA) is 107 Å². The van der Waals surface area contributed by atoms with Crippen molar-refractivity contribution in [2.75, 3.05) is 7.11 Å². The zero-order chi connectivity index (χ0) is 31.1. The number of carboxylic acids is 1. The van der Waals surface area contributed by atoms with Crippen molar-refractivity contribution in [1.82, 2.24) is 0 Å². The van der Waals surface area contributed by atoms with E-state index in [1.54, 1.807) is 0 Å². The van der Waals surface area contributed by atoms with Crippen LogP contribution in [-0.2, 0) is 28.7 Å². The van der Waals surface area contributed by atoms with Gasteiger partial charge in [0, 0.05) is 23.5 Å². The number of rotatable bonds is 4. The molecule has 0 amide bonds. The van der Waals surface area contributed by atoms with Gasteiger partial charge < -0.3 is 14.6 Å². The Balaban J connectivity index is 1.50. The van der Waals surface area contributed by atoms with Crippen LogP contribution in [-0.4, -0.2) is 42.0 Å². The lowest BCUT2D eigenvalue weighted by molar-refractivity contribution is -0.209. The van der Waals surface area contributed by atoms with Crippen molar-refractivity contribution >= 4 is 23.7 Å². The zero-order valence-corrected chi connectivity index (χ0v) is 26.8. The molecule has 0 aromatic carbocycles. The fraction of sp³-hybridized carbons (Fsp3) is 0.771. The number of ether oxygens (including phenoxy) is 2. The summed E-state index contributed by atoms with van der Waals surface area (Å²) in [7, 11) is 1.48. The molecule has 5 aliphatic rings. The van der Waals surface area contributed by atoms with Gasteiger partial charge in [-0.3, -0.25) is 9.59 Å². The van der Waals surface area contributed by atoms with E-state index in [0.29, 0.717) is 6.42 Å². The number of carbonyl (C=O) groups is 4. The largest absolute Gasteiger partial charge is 0.478 e. The highest BCUT2D eigenvalue weighted by Gasteiger charge is 2.70. The minimum absolute atomic E-state index is 0.0719. The van der Waals surface area contributed by atoms with E-state index >= 15 is 0 Å². The lowest BCUT2D eigenvalue weighted by Crippen LogP contribution is -2.66. The van der Waals surface area contributed by atoms with Crippen LogP contribution in [0.25, 0.3) is 0 Å². The molecule has 42 heavy (non-hydrogen) atoms. The number of carboxylic acid groups (broad SMARTS) is 1. The van der Waals surface area contributed by atoms with E-state index in [4.69, 9.17) is 14.6 Å². The van der Waals surface area contributed by atoms with Gasteiger partial charge in [-0.05, 0) is 104 Å². The summed E-state index contributed by atoms with van der Waals surface area (Å²) in [5.74, 6) is -1.53. The SMILES string of the molecule is COC(=O)C1(C)CCC2(C)CCC3(C)C(=CC(=O)C4C5(C)CCC(OC(=O)C=CC(=O)O)C(C)(C)C5CCC43C)C2C1. The number of methoxy groups -OCH3 is 1. The molecule has 0 aromatic heterocycles. The molecule has 5 rings (SSSR count). The molecule has 9 atom stereocenters. The third-order valence-electron chi connectivity index (χ3n) is 13.8. The number of fused-ring (bicyclic) bond motifs is 7. The number of esters is 2. The fourth-order valence-electron chi connectivity index (χ4n) is 11.1. The zero-order valence-electron chi connectivity index (χ0n) is 26.8. The Morgan fingerprint density at radius 1 is 0.905 bits per heavy atom. The van der Waals surface area contributed by atoms with Crippen LogP contribution in [0, 0.1) is 50.2 Å². The number of hydrogen-bond donors (Lipinski definition) is 1. The summed E-state index contributed by atoms with van der Waals surface area (Å²) < 4.78 is 11.1. The van der Waals surface area contributed by atoms with E-state index in [1.807, 2.05) is 13.0 Å². The van der Waals surface area contributed by atoms with Crippen LogP contribution in [0.4, 0.5) is 0 Å². The Kier molecular flexibility index (Phi) is 7.22. The lowest BCUT2D eigenvalue weighted by atomic mass is 9.33. The maximum absolute atomic E-state index is 14.5. The minimum Gasteiger partial charge on any atom is -0.478 e. The first kappa shape index (κ1) is 31.0. The van der Waals surface area contributed by atoms with Gasteiger partial charge >= 0.3 is 17.9 Å². The Morgan fingerprint density at radius 2 is 1.57 bits per heavy atom. The lowest BCUT2D eigenvalue weighted by Gasteiger charge is -2.70. The van der Waals surface area contributed by atoms with E-state index in [9.17, 15) is 19.2 Å². The second-order valence-corrected chi connectivity index (χ2v) is 16.2. The molecule has 232 valence electrons. The Bertz CT molecular complexity index is 1260. The highest BCUT2D eigenvalue weighted by atomic mass is 16.5. The summed E-state index contributed by atoms with van der Waals surface area (Å²) in [5, 5.41) is 8.91. The minimum atomic E-state index is -1.18. The maximum Gasteiger partial charge on any atom is 0.331 e. The third-order valence-corrected chi connectivity index (χ3v) is 13.8. The number of allylic oxidation sites excluding steroid dienone is 2. The van der Waals surface area contributed by atoms with Crippen LogP contribution in [0.3, 0.4) is 0 Å². The van der Waals surface area contributed by atoms with Gasteiger partial charge in [-0.2, -0.15) is 0 Å². The summed E-state index contributed by atoms with van der Waals surface area (Å²) in [6.45, 7) is 15.8. The molecule has 5 aliphatic carbocycles. The average Bonchev–Trinajstić information content (AvgIpc) is 2.90. The Morgan fingerprint density at radius 3 is 2.21 bits per heavy atom. The van der Waals surface area contributed by atoms with E-state index in [2.05, 4.69) is 41.5 Å². The first-order valence-electron chi connectivity index (χ1n) is 15.8. The van der Waals surface area contributed by atoms with Crippen molar-refractivity contribution in [2.24, 2.45) is 50.2 Å². The first-order chi connectivity index (χ1) is 19.4. The van der Waals surface area contributed by atoms with Crippen LogP contribution in [0.5, 0.6) is 0 Å². The predicted octanol–water partition coefficient (Wildman–Crippen LogP) is 6.69. The van der Waals surface area contributed by atoms with Gasteiger partial charge in [-0.1, -0.05) is 47.1 Å². The Labute approximate surface area is 250 Å².